The maximum atomic E-state index is 6.25. The number of rotatable bonds is 2. The summed E-state index contributed by atoms with van der Waals surface area (Å²) in [6.45, 7) is 3.85. The highest BCUT2D eigenvalue weighted by atomic mass is 35.5. The first-order valence-corrected chi connectivity index (χ1v) is 6.48. The summed E-state index contributed by atoms with van der Waals surface area (Å²) < 4.78 is 5.54. The number of hydrogen-bond donors (Lipinski definition) is 0. The topological polar surface area (TPSA) is 53.5 Å². The molecular formula is C12H15ClN6. The standard InChI is InChI=1S/C12H15ClN6/c1-7(13)11-14-10-8(2)15-18(4)12(10)19(11)9-5-6-17(3)16-9/h5-7H,1-4H3. The van der Waals surface area contributed by atoms with Crippen LogP contribution in [-0.4, -0.2) is 29.1 Å². The normalized spacial score (nSPS) is 13.3. The van der Waals surface area contributed by atoms with Crippen molar-refractivity contribution in [3.05, 3.63) is 23.8 Å². The Hall–Kier alpha value is -1.82. The van der Waals surface area contributed by atoms with Crippen LogP contribution in [0.2, 0.25) is 0 Å². The van der Waals surface area contributed by atoms with E-state index < -0.39 is 0 Å². The van der Waals surface area contributed by atoms with Gasteiger partial charge in [0.25, 0.3) is 0 Å². The van der Waals surface area contributed by atoms with Crippen molar-refractivity contribution in [1.29, 1.82) is 0 Å². The van der Waals surface area contributed by atoms with Gasteiger partial charge in [-0.15, -0.1) is 11.6 Å². The molecule has 100 valence electrons. The summed E-state index contributed by atoms with van der Waals surface area (Å²) in [4.78, 5) is 4.62. The van der Waals surface area contributed by atoms with Gasteiger partial charge in [-0.2, -0.15) is 10.2 Å². The maximum absolute atomic E-state index is 6.25. The molecule has 6 nitrogen and oxygen atoms in total. The molecule has 0 saturated heterocycles. The monoisotopic (exact) mass is 278 g/mol. The Bertz CT molecular complexity index is 748. The van der Waals surface area contributed by atoms with Gasteiger partial charge in [-0.05, 0) is 13.8 Å². The molecule has 0 amide bonds. The minimum absolute atomic E-state index is 0.200. The van der Waals surface area contributed by atoms with E-state index in [2.05, 4.69) is 15.2 Å². The summed E-state index contributed by atoms with van der Waals surface area (Å²) in [5.74, 6) is 1.59. The van der Waals surface area contributed by atoms with E-state index >= 15 is 0 Å². The predicted octanol–water partition coefficient (Wildman–Crippen LogP) is 2.10. The van der Waals surface area contributed by atoms with E-state index in [4.69, 9.17) is 11.6 Å². The van der Waals surface area contributed by atoms with Crippen molar-refractivity contribution in [3.8, 4) is 5.82 Å². The molecule has 1 unspecified atom stereocenters. The molecule has 19 heavy (non-hydrogen) atoms. The molecule has 0 aliphatic rings. The maximum Gasteiger partial charge on any atom is 0.164 e. The van der Waals surface area contributed by atoms with Gasteiger partial charge in [0.1, 0.15) is 11.3 Å². The third-order valence-electron chi connectivity index (χ3n) is 3.11. The van der Waals surface area contributed by atoms with Crippen LogP contribution < -0.4 is 0 Å². The van der Waals surface area contributed by atoms with Gasteiger partial charge in [0, 0.05) is 26.4 Å². The summed E-state index contributed by atoms with van der Waals surface area (Å²) in [6, 6.07) is 1.94. The average molecular weight is 279 g/mol. The van der Waals surface area contributed by atoms with Gasteiger partial charge >= 0.3 is 0 Å². The molecule has 0 aliphatic carbocycles. The Morgan fingerprint density at radius 3 is 2.58 bits per heavy atom. The van der Waals surface area contributed by atoms with Gasteiger partial charge in [0.15, 0.2) is 11.5 Å². The van der Waals surface area contributed by atoms with Gasteiger partial charge in [0.2, 0.25) is 0 Å². The summed E-state index contributed by atoms with van der Waals surface area (Å²) in [5, 5.41) is 8.64. The van der Waals surface area contributed by atoms with Crippen LogP contribution in [0.3, 0.4) is 0 Å². The van der Waals surface area contributed by atoms with Gasteiger partial charge in [0.05, 0.1) is 11.1 Å². The van der Waals surface area contributed by atoms with Crippen molar-refractivity contribution in [3.63, 3.8) is 0 Å². The fraction of sp³-hybridized carbons (Fsp3) is 0.417. The smallest absolute Gasteiger partial charge is 0.164 e. The molecule has 0 N–H and O–H groups in total. The quantitative estimate of drug-likeness (QED) is 0.675. The summed E-state index contributed by atoms with van der Waals surface area (Å²) >= 11 is 6.25. The first-order chi connectivity index (χ1) is 8.99. The van der Waals surface area contributed by atoms with E-state index in [-0.39, 0.29) is 5.38 Å². The first-order valence-electron chi connectivity index (χ1n) is 6.05. The van der Waals surface area contributed by atoms with Crippen molar-refractivity contribution < 1.29 is 0 Å². The molecule has 0 aromatic carbocycles. The average Bonchev–Trinajstić information content (AvgIpc) is 2.96. The van der Waals surface area contributed by atoms with Gasteiger partial charge in [-0.3, -0.25) is 9.25 Å². The van der Waals surface area contributed by atoms with Crippen molar-refractivity contribution in [2.45, 2.75) is 19.2 Å². The molecule has 0 bridgehead atoms. The van der Waals surface area contributed by atoms with Crippen LogP contribution in [0.15, 0.2) is 12.3 Å². The molecule has 3 rings (SSSR count). The molecule has 3 aromatic heterocycles. The van der Waals surface area contributed by atoms with Crippen molar-refractivity contribution in [2.24, 2.45) is 14.1 Å². The fourth-order valence-corrected chi connectivity index (χ4v) is 2.45. The van der Waals surface area contributed by atoms with Crippen LogP contribution in [0.4, 0.5) is 0 Å². The first kappa shape index (κ1) is 12.2. The number of hydrogen-bond acceptors (Lipinski definition) is 3. The van der Waals surface area contributed by atoms with Gasteiger partial charge in [-0.1, -0.05) is 0 Å². The van der Waals surface area contributed by atoms with Crippen LogP contribution in [0, 0.1) is 6.92 Å². The van der Waals surface area contributed by atoms with Crippen molar-refractivity contribution >= 4 is 22.8 Å². The molecule has 0 fully saturated rings. The highest BCUT2D eigenvalue weighted by Gasteiger charge is 2.22. The SMILES string of the molecule is Cc1nn(C)c2c1nc(C(C)Cl)n2-c1ccn(C)n1. The number of aryl methyl sites for hydroxylation is 3. The number of aromatic nitrogens is 6. The Morgan fingerprint density at radius 2 is 2.00 bits per heavy atom. The van der Waals surface area contributed by atoms with Crippen molar-refractivity contribution in [2.75, 3.05) is 0 Å². The molecule has 1 atom stereocenters. The zero-order chi connectivity index (χ0) is 13.7. The number of fused-ring (bicyclic) bond motifs is 1. The van der Waals surface area contributed by atoms with E-state index in [9.17, 15) is 0 Å². The molecule has 0 saturated carbocycles. The molecule has 0 radical (unpaired) electrons. The van der Waals surface area contributed by atoms with Crippen molar-refractivity contribution in [1.82, 2.24) is 29.1 Å². The second-order valence-electron chi connectivity index (χ2n) is 4.65. The molecule has 0 aliphatic heterocycles. The van der Waals surface area contributed by atoms with E-state index in [0.717, 1.165) is 28.5 Å². The molecule has 3 aromatic rings. The Balaban J connectivity index is 2.39. The number of alkyl halides is 1. The lowest BCUT2D eigenvalue weighted by Crippen LogP contribution is -2.07. The number of imidazole rings is 1. The van der Waals surface area contributed by atoms with Crippen LogP contribution >= 0.6 is 11.6 Å². The zero-order valence-corrected chi connectivity index (χ0v) is 12.0. The number of nitrogens with zero attached hydrogens (tertiary/aromatic N) is 6. The van der Waals surface area contributed by atoms with Gasteiger partial charge < -0.3 is 0 Å². The lowest BCUT2D eigenvalue weighted by atomic mass is 10.4. The second-order valence-corrected chi connectivity index (χ2v) is 5.30. The molecule has 3 heterocycles. The minimum atomic E-state index is -0.200. The highest BCUT2D eigenvalue weighted by Crippen LogP contribution is 2.28. The Kier molecular flexibility index (Phi) is 2.63. The third kappa shape index (κ3) is 1.74. The summed E-state index contributed by atoms with van der Waals surface area (Å²) in [7, 11) is 3.79. The summed E-state index contributed by atoms with van der Waals surface area (Å²) in [5.41, 5.74) is 2.68. The Morgan fingerprint density at radius 1 is 1.26 bits per heavy atom. The van der Waals surface area contributed by atoms with E-state index in [1.54, 1.807) is 4.68 Å². The van der Waals surface area contributed by atoms with Crippen LogP contribution in [0.25, 0.3) is 17.0 Å². The van der Waals surface area contributed by atoms with E-state index in [1.165, 1.54) is 0 Å². The van der Waals surface area contributed by atoms with Gasteiger partial charge in [-0.25, -0.2) is 9.67 Å². The molecule has 7 heteroatoms. The zero-order valence-electron chi connectivity index (χ0n) is 11.3. The Labute approximate surface area is 115 Å². The summed E-state index contributed by atoms with van der Waals surface area (Å²) in [6.07, 6.45) is 1.90. The van der Waals surface area contributed by atoms with E-state index in [0.29, 0.717) is 0 Å². The lowest BCUT2D eigenvalue weighted by molar-refractivity contribution is 0.719. The highest BCUT2D eigenvalue weighted by molar-refractivity contribution is 6.20. The predicted molar refractivity (Wildman–Crippen MR) is 73.6 cm³/mol. The molecule has 0 spiro atoms. The minimum Gasteiger partial charge on any atom is -0.274 e. The van der Waals surface area contributed by atoms with Crippen LogP contribution in [0.1, 0.15) is 23.8 Å². The largest absolute Gasteiger partial charge is 0.274 e. The van der Waals surface area contributed by atoms with Crippen LogP contribution in [0.5, 0.6) is 0 Å². The molecular weight excluding hydrogens is 264 g/mol. The van der Waals surface area contributed by atoms with E-state index in [1.807, 2.05) is 49.5 Å². The third-order valence-corrected chi connectivity index (χ3v) is 3.31. The number of halogens is 1. The lowest BCUT2D eigenvalue weighted by Gasteiger charge is -2.07. The second kappa shape index (κ2) is 4.09. The fourth-order valence-electron chi connectivity index (χ4n) is 2.30. The van der Waals surface area contributed by atoms with Crippen LogP contribution in [-0.2, 0) is 14.1 Å².